The van der Waals surface area contributed by atoms with Crippen LogP contribution in [0.2, 0.25) is 0 Å². The Balaban J connectivity index is 1.62. The van der Waals surface area contributed by atoms with Crippen molar-refractivity contribution in [2.24, 2.45) is 5.16 Å². The largest absolute Gasteiger partial charge is 0.497 e. The van der Waals surface area contributed by atoms with E-state index in [4.69, 9.17) is 19.0 Å². The molecule has 0 saturated heterocycles. The smallest absolute Gasteiger partial charge is 0.338 e. The predicted molar refractivity (Wildman–Crippen MR) is 111 cm³/mol. The molecular formula is C23H27NO5. The number of rotatable bonds is 6. The maximum Gasteiger partial charge on any atom is 0.338 e. The van der Waals surface area contributed by atoms with E-state index in [2.05, 4.69) is 5.16 Å². The lowest BCUT2D eigenvalue weighted by Crippen LogP contribution is -2.23. The number of nitrogens with zero attached hydrogens (tertiary/aromatic N) is 1. The highest BCUT2D eigenvalue weighted by atomic mass is 16.6. The summed E-state index contributed by atoms with van der Waals surface area (Å²) in [5.41, 5.74) is 2.84. The van der Waals surface area contributed by atoms with E-state index >= 15 is 0 Å². The van der Waals surface area contributed by atoms with Gasteiger partial charge in [0, 0.05) is 24.5 Å². The maximum absolute atomic E-state index is 12.1. The highest BCUT2D eigenvalue weighted by molar-refractivity contribution is 6.03. The monoisotopic (exact) mass is 397 g/mol. The number of esters is 1. The first-order valence-corrected chi connectivity index (χ1v) is 9.56. The molecule has 2 aromatic carbocycles. The van der Waals surface area contributed by atoms with Gasteiger partial charge in [-0.1, -0.05) is 17.3 Å². The van der Waals surface area contributed by atoms with Crippen LogP contribution in [0.5, 0.6) is 11.5 Å². The Labute approximate surface area is 171 Å². The zero-order chi connectivity index (χ0) is 21.0. The van der Waals surface area contributed by atoms with Gasteiger partial charge in [0.05, 0.1) is 25.5 Å². The molecule has 1 heterocycles. The van der Waals surface area contributed by atoms with Crippen LogP contribution in [-0.4, -0.2) is 37.6 Å². The minimum absolute atomic E-state index is 0.0656. The third kappa shape index (κ3) is 5.28. The molecule has 0 saturated carbocycles. The number of benzene rings is 2. The van der Waals surface area contributed by atoms with E-state index in [1.807, 2.05) is 51.1 Å². The van der Waals surface area contributed by atoms with Gasteiger partial charge in [-0.05, 0) is 50.6 Å². The second-order valence-electron chi connectivity index (χ2n) is 7.94. The molecule has 6 heteroatoms. The SMILES string of the molecule is COc1ccc(C2=NOC(Cc3ccc(C(=O)OC(C)(C)C)cc3)C2)c(OC)c1. The van der Waals surface area contributed by atoms with Gasteiger partial charge in [0.2, 0.25) is 0 Å². The van der Waals surface area contributed by atoms with Gasteiger partial charge in [-0.25, -0.2) is 4.79 Å². The third-order valence-electron chi connectivity index (χ3n) is 4.50. The number of carbonyl (C=O) groups is 1. The normalized spacial score (nSPS) is 16.0. The number of ether oxygens (including phenoxy) is 3. The van der Waals surface area contributed by atoms with Gasteiger partial charge in [0.1, 0.15) is 23.2 Å². The Kier molecular flexibility index (Phi) is 6.11. The second kappa shape index (κ2) is 8.55. The first kappa shape index (κ1) is 20.7. The molecule has 1 aliphatic rings. The number of hydrogen-bond donors (Lipinski definition) is 0. The zero-order valence-electron chi connectivity index (χ0n) is 17.5. The standard InChI is InChI=1S/C23H27NO5/c1-23(2,3)28-22(25)16-8-6-15(7-9-16)12-18-13-20(24-29-18)19-11-10-17(26-4)14-21(19)27-5/h6-11,14,18H,12-13H2,1-5H3. The van der Waals surface area contributed by atoms with Gasteiger partial charge in [-0.3, -0.25) is 0 Å². The van der Waals surface area contributed by atoms with Gasteiger partial charge in [-0.2, -0.15) is 0 Å². The summed E-state index contributed by atoms with van der Waals surface area (Å²) < 4.78 is 16.1. The van der Waals surface area contributed by atoms with Crippen LogP contribution in [0.3, 0.4) is 0 Å². The lowest BCUT2D eigenvalue weighted by molar-refractivity contribution is 0.00695. The molecule has 2 aromatic rings. The van der Waals surface area contributed by atoms with Crippen LogP contribution < -0.4 is 9.47 Å². The summed E-state index contributed by atoms with van der Waals surface area (Å²) in [6.45, 7) is 5.56. The summed E-state index contributed by atoms with van der Waals surface area (Å²) in [7, 11) is 3.24. The van der Waals surface area contributed by atoms with Gasteiger partial charge in [0.25, 0.3) is 0 Å². The summed E-state index contributed by atoms with van der Waals surface area (Å²) in [6.07, 6.45) is 1.31. The van der Waals surface area contributed by atoms with Crippen molar-refractivity contribution in [3.63, 3.8) is 0 Å². The first-order chi connectivity index (χ1) is 13.8. The maximum atomic E-state index is 12.1. The van der Waals surface area contributed by atoms with Crippen molar-refractivity contribution in [1.82, 2.24) is 0 Å². The third-order valence-corrected chi connectivity index (χ3v) is 4.50. The van der Waals surface area contributed by atoms with E-state index < -0.39 is 5.60 Å². The zero-order valence-corrected chi connectivity index (χ0v) is 17.5. The van der Waals surface area contributed by atoms with Crippen LogP contribution in [0.25, 0.3) is 0 Å². The lowest BCUT2D eigenvalue weighted by atomic mass is 9.99. The first-order valence-electron chi connectivity index (χ1n) is 9.56. The molecule has 0 aromatic heterocycles. The molecule has 154 valence electrons. The molecule has 0 fully saturated rings. The van der Waals surface area contributed by atoms with E-state index in [1.54, 1.807) is 26.4 Å². The summed E-state index contributed by atoms with van der Waals surface area (Å²) in [5, 5.41) is 4.26. The van der Waals surface area contributed by atoms with Crippen LogP contribution in [0.1, 0.15) is 48.7 Å². The van der Waals surface area contributed by atoms with E-state index in [1.165, 1.54) is 0 Å². The van der Waals surface area contributed by atoms with Crippen molar-refractivity contribution < 1.29 is 23.8 Å². The Bertz CT molecular complexity index is 896. The van der Waals surface area contributed by atoms with Crippen LogP contribution >= 0.6 is 0 Å². The molecule has 1 aliphatic heterocycles. The predicted octanol–water partition coefficient (Wildman–Crippen LogP) is 4.39. The van der Waals surface area contributed by atoms with E-state index in [0.717, 1.165) is 22.6 Å². The summed E-state index contributed by atoms with van der Waals surface area (Å²) in [6, 6.07) is 13.1. The lowest BCUT2D eigenvalue weighted by Gasteiger charge is -2.19. The Morgan fingerprint density at radius 1 is 1.10 bits per heavy atom. The fraction of sp³-hybridized carbons (Fsp3) is 0.391. The van der Waals surface area contributed by atoms with Crippen LogP contribution in [0, 0.1) is 0 Å². The molecule has 1 atom stereocenters. The summed E-state index contributed by atoms with van der Waals surface area (Å²) >= 11 is 0. The van der Waals surface area contributed by atoms with Crippen molar-refractivity contribution >= 4 is 11.7 Å². The van der Waals surface area contributed by atoms with Gasteiger partial charge in [-0.15, -0.1) is 0 Å². The molecule has 0 radical (unpaired) electrons. The highest BCUT2D eigenvalue weighted by Crippen LogP contribution is 2.29. The average molecular weight is 397 g/mol. The molecule has 0 N–H and O–H groups in total. The second-order valence-corrected chi connectivity index (χ2v) is 7.94. The van der Waals surface area contributed by atoms with Gasteiger partial charge >= 0.3 is 5.97 Å². The molecule has 0 aliphatic carbocycles. The highest BCUT2D eigenvalue weighted by Gasteiger charge is 2.25. The number of carbonyl (C=O) groups excluding carboxylic acids is 1. The van der Waals surface area contributed by atoms with Crippen LogP contribution in [-0.2, 0) is 16.0 Å². The molecule has 6 nitrogen and oxygen atoms in total. The van der Waals surface area contributed by atoms with E-state index in [9.17, 15) is 4.79 Å². The van der Waals surface area contributed by atoms with E-state index in [-0.39, 0.29) is 12.1 Å². The fourth-order valence-corrected chi connectivity index (χ4v) is 3.11. The van der Waals surface area contributed by atoms with Crippen LogP contribution in [0.4, 0.5) is 0 Å². The topological polar surface area (TPSA) is 66.4 Å². The Morgan fingerprint density at radius 3 is 2.45 bits per heavy atom. The minimum Gasteiger partial charge on any atom is -0.497 e. The number of hydrogen-bond acceptors (Lipinski definition) is 6. The van der Waals surface area contributed by atoms with Crippen molar-refractivity contribution in [3.05, 3.63) is 59.2 Å². The van der Waals surface area contributed by atoms with Crippen molar-refractivity contribution in [1.29, 1.82) is 0 Å². The fourth-order valence-electron chi connectivity index (χ4n) is 3.11. The summed E-state index contributed by atoms with van der Waals surface area (Å²) in [4.78, 5) is 17.8. The van der Waals surface area contributed by atoms with Gasteiger partial charge in [0.15, 0.2) is 0 Å². The van der Waals surface area contributed by atoms with Crippen LogP contribution in [0.15, 0.2) is 47.6 Å². The molecule has 0 bridgehead atoms. The molecular weight excluding hydrogens is 370 g/mol. The Hall–Kier alpha value is -3.02. The minimum atomic E-state index is -0.510. The molecule has 29 heavy (non-hydrogen) atoms. The van der Waals surface area contributed by atoms with Gasteiger partial charge < -0.3 is 19.0 Å². The number of oxime groups is 1. The summed E-state index contributed by atoms with van der Waals surface area (Å²) in [5.74, 6) is 1.11. The average Bonchev–Trinajstić information content (AvgIpc) is 3.14. The molecule has 0 amide bonds. The molecule has 1 unspecified atom stereocenters. The Morgan fingerprint density at radius 2 is 1.83 bits per heavy atom. The van der Waals surface area contributed by atoms with Crippen molar-refractivity contribution in [2.45, 2.75) is 45.3 Å². The van der Waals surface area contributed by atoms with E-state index in [0.29, 0.717) is 24.2 Å². The number of methoxy groups -OCH3 is 2. The molecule has 0 spiro atoms. The molecule has 3 rings (SSSR count). The van der Waals surface area contributed by atoms with Crippen molar-refractivity contribution in [2.75, 3.05) is 14.2 Å². The quantitative estimate of drug-likeness (QED) is 0.676. The van der Waals surface area contributed by atoms with Crippen molar-refractivity contribution in [3.8, 4) is 11.5 Å².